The maximum Gasteiger partial charge on any atom is 0.00823 e. The fourth-order valence-corrected chi connectivity index (χ4v) is 2.30. The molecule has 2 atom stereocenters. The summed E-state index contributed by atoms with van der Waals surface area (Å²) in [5, 5.41) is 3.56. The number of rotatable bonds is 3. The molecule has 2 aliphatic rings. The van der Waals surface area contributed by atoms with Crippen LogP contribution in [-0.2, 0) is 0 Å². The van der Waals surface area contributed by atoms with Crippen molar-refractivity contribution in [2.45, 2.75) is 44.7 Å². The molecule has 2 heteroatoms. The molecule has 0 bridgehead atoms. The summed E-state index contributed by atoms with van der Waals surface area (Å²) in [6.45, 7) is 6.30. The van der Waals surface area contributed by atoms with Crippen LogP contribution in [0.1, 0.15) is 32.6 Å². The van der Waals surface area contributed by atoms with Crippen LogP contribution in [0.4, 0.5) is 0 Å². The lowest BCUT2D eigenvalue weighted by molar-refractivity contribution is 0.116. The molecule has 2 unspecified atom stereocenters. The van der Waals surface area contributed by atoms with Crippen LogP contribution in [0.3, 0.4) is 0 Å². The predicted molar refractivity (Wildman–Crippen MR) is 51.3 cm³/mol. The van der Waals surface area contributed by atoms with Crippen molar-refractivity contribution in [3.05, 3.63) is 0 Å². The van der Waals surface area contributed by atoms with Gasteiger partial charge in [0.15, 0.2) is 0 Å². The second-order valence-corrected chi connectivity index (χ2v) is 4.27. The SMILES string of the molecule is CC(CC1CCCN1)N1CCC1. The highest BCUT2D eigenvalue weighted by molar-refractivity contribution is 4.82. The average molecular weight is 168 g/mol. The number of nitrogens with one attached hydrogen (secondary N) is 1. The zero-order valence-corrected chi connectivity index (χ0v) is 8.05. The minimum Gasteiger partial charge on any atom is -0.314 e. The van der Waals surface area contributed by atoms with Gasteiger partial charge in [0.1, 0.15) is 0 Å². The Hall–Kier alpha value is -0.0800. The summed E-state index contributed by atoms with van der Waals surface area (Å²) in [6.07, 6.45) is 5.57. The van der Waals surface area contributed by atoms with Crippen molar-refractivity contribution in [3.8, 4) is 0 Å². The molecular formula is C10H20N2. The van der Waals surface area contributed by atoms with Gasteiger partial charge < -0.3 is 10.2 Å². The first-order valence-corrected chi connectivity index (χ1v) is 5.33. The van der Waals surface area contributed by atoms with Gasteiger partial charge in [0.25, 0.3) is 0 Å². The summed E-state index contributed by atoms with van der Waals surface area (Å²) >= 11 is 0. The van der Waals surface area contributed by atoms with Crippen LogP contribution in [0.25, 0.3) is 0 Å². The van der Waals surface area contributed by atoms with Crippen molar-refractivity contribution < 1.29 is 0 Å². The number of hydrogen-bond donors (Lipinski definition) is 1. The van der Waals surface area contributed by atoms with Crippen molar-refractivity contribution >= 4 is 0 Å². The van der Waals surface area contributed by atoms with E-state index < -0.39 is 0 Å². The fraction of sp³-hybridized carbons (Fsp3) is 1.00. The molecule has 0 radical (unpaired) electrons. The van der Waals surface area contributed by atoms with E-state index in [0.29, 0.717) is 0 Å². The average Bonchev–Trinajstić information content (AvgIpc) is 2.34. The van der Waals surface area contributed by atoms with E-state index in [4.69, 9.17) is 0 Å². The van der Waals surface area contributed by atoms with Crippen molar-refractivity contribution in [1.29, 1.82) is 0 Å². The normalized spacial score (nSPS) is 33.2. The molecule has 2 saturated heterocycles. The Morgan fingerprint density at radius 2 is 2.25 bits per heavy atom. The van der Waals surface area contributed by atoms with Crippen LogP contribution in [0, 0.1) is 0 Å². The van der Waals surface area contributed by atoms with Gasteiger partial charge in [-0.25, -0.2) is 0 Å². The van der Waals surface area contributed by atoms with Gasteiger partial charge in [0.05, 0.1) is 0 Å². The maximum atomic E-state index is 3.56. The Bertz CT molecular complexity index is 137. The third kappa shape index (κ3) is 1.80. The molecule has 2 rings (SSSR count). The van der Waals surface area contributed by atoms with Gasteiger partial charge in [0.2, 0.25) is 0 Å². The maximum absolute atomic E-state index is 3.56. The topological polar surface area (TPSA) is 15.3 Å². The highest BCUT2D eigenvalue weighted by Gasteiger charge is 2.24. The van der Waals surface area contributed by atoms with E-state index >= 15 is 0 Å². The van der Waals surface area contributed by atoms with Crippen LogP contribution in [0.2, 0.25) is 0 Å². The van der Waals surface area contributed by atoms with Crippen LogP contribution in [0.15, 0.2) is 0 Å². The second kappa shape index (κ2) is 3.75. The fourth-order valence-electron chi connectivity index (χ4n) is 2.30. The van der Waals surface area contributed by atoms with Crippen molar-refractivity contribution in [2.75, 3.05) is 19.6 Å². The number of hydrogen-bond acceptors (Lipinski definition) is 2. The van der Waals surface area contributed by atoms with E-state index in [9.17, 15) is 0 Å². The molecule has 2 fully saturated rings. The van der Waals surface area contributed by atoms with Crippen LogP contribution < -0.4 is 5.32 Å². The molecule has 0 saturated carbocycles. The third-order valence-electron chi connectivity index (χ3n) is 3.30. The first-order valence-electron chi connectivity index (χ1n) is 5.33. The molecule has 2 aliphatic heterocycles. The third-order valence-corrected chi connectivity index (χ3v) is 3.30. The molecule has 2 heterocycles. The Morgan fingerprint density at radius 1 is 1.42 bits per heavy atom. The summed E-state index contributed by atoms with van der Waals surface area (Å²) in [5.41, 5.74) is 0. The minimum absolute atomic E-state index is 0.814. The van der Waals surface area contributed by atoms with Crippen molar-refractivity contribution in [3.63, 3.8) is 0 Å². The van der Waals surface area contributed by atoms with Gasteiger partial charge in [0, 0.05) is 12.1 Å². The minimum atomic E-state index is 0.814. The lowest BCUT2D eigenvalue weighted by atomic mass is 10.0. The van der Waals surface area contributed by atoms with Gasteiger partial charge in [-0.3, -0.25) is 0 Å². The highest BCUT2D eigenvalue weighted by Crippen LogP contribution is 2.18. The Kier molecular flexibility index (Phi) is 2.66. The first kappa shape index (κ1) is 8.52. The molecule has 70 valence electrons. The summed E-state index contributed by atoms with van der Waals surface area (Å²) in [4.78, 5) is 2.60. The van der Waals surface area contributed by atoms with E-state index in [0.717, 1.165) is 12.1 Å². The lowest BCUT2D eigenvalue weighted by Gasteiger charge is -2.37. The summed E-state index contributed by atoms with van der Waals surface area (Å²) < 4.78 is 0. The summed E-state index contributed by atoms with van der Waals surface area (Å²) in [7, 11) is 0. The smallest absolute Gasteiger partial charge is 0.00823 e. The van der Waals surface area contributed by atoms with Crippen molar-refractivity contribution in [1.82, 2.24) is 10.2 Å². The van der Waals surface area contributed by atoms with E-state index in [-0.39, 0.29) is 0 Å². The van der Waals surface area contributed by atoms with Crippen LogP contribution in [-0.4, -0.2) is 36.6 Å². The number of likely N-dealkylation sites (tertiary alicyclic amines) is 1. The molecule has 0 aromatic heterocycles. The molecule has 0 aromatic carbocycles. The second-order valence-electron chi connectivity index (χ2n) is 4.27. The molecule has 0 amide bonds. The van der Waals surface area contributed by atoms with Gasteiger partial charge >= 0.3 is 0 Å². The van der Waals surface area contributed by atoms with Gasteiger partial charge in [-0.1, -0.05) is 0 Å². The van der Waals surface area contributed by atoms with E-state index in [1.165, 1.54) is 45.3 Å². The summed E-state index contributed by atoms with van der Waals surface area (Å²) in [6, 6.07) is 1.63. The van der Waals surface area contributed by atoms with E-state index in [2.05, 4.69) is 17.1 Å². The molecular weight excluding hydrogens is 148 g/mol. The van der Waals surface area contributed by atoms with Gasteiger partial charge in [-0.05, 0) is 52.2 Å². The molecule has 12 heavy (non-hydrogen) atoms. The Labute approximate surface area is 75.3 Å². The van der Waals surface area contributed by atoms with Gasteiger partial charge in [-0.15, -0.1) is 0 Å². The first-order chi connectivity index (χ1) is 5.86. The van der Waals surface area contributed by atoms with Crippen LogP contribution >= 0.6 is 0 Å². The van der Waals surface area contributed by atoms with E-state index in [1.807, 2.05) is 0 Å². The molecule has 0 aromatic rings. The molecule has 1 N–H and O–H groups in total. The molecule has 2 nitrogen and oxygen atoms in total. The largest absolute Gasteiger partial charge is 0.314 e. The zero-order chi connectivity index (χ0) is 8.39. The Morgan fingerprint density at radius 3 is 2.75 bits per heavy atom. The quantitative estimate of drug-likeness (QED) is 0.681. The molecule has 0 aliphatic carbocycles. The standard InChI is InChI=1S/C10H20N2/c1-9(12-6-3-7-12)8-10-4-2-5-11-10/h9-11H,2-8H2,1H3. The van der Waals surface area contributed by atoms with Gasteiger partial charge in [-0.2, -0.15) is 0 Å². The number of nitrogens with zero attached hydrogens (tertiary/aromatic N) is 1. The predicted octanol–water partition coefficient (Wildman–Crippen LogP) is 1.22. The van der Waals surface area contributed by atoms with E-state index in [1.54, 1.807) is 0 Å². The monoisotopic (exact) mass is 168 g/mol. The van der Waals surface area contributed by atoms with Crippen molar-refractivity contribution in [2.24, 2.45) is 0 Å². The highest BCUT2D eigenvalue weighted by atomic mass is 15.2. The Balaban J connectivity index is 1.69. The lowest BCUT2D eigenvalue weighted by Crippen LogP contribution is -2.45. The van der Waals surface area contributed by atoms with Crippen LogP contribution in [0.5, 0.6) is 0 Å². The zero-order valence-electron chi connectivity index (χ0n) is 8.05. The molecule has 0 spiro atoms. The summed E-state index contributed by atoms with van der Waals surface area (Å²) in [5.74, 6) is 0.